The summed E-state index contributed by atoms with van der Waals surface area (Å²) in [5, 5.41) is 8.36. The molecule has 0 spiro atoms. The zero-order valence-corrected chi connectivity index (χ0v) is 14.8. The molecule has 6 nitrogen and oxygen atoms in total. The molecule has 1 saturated heterocycles. The Labute approximate surface area is 133 Å². The highest BCUT2D eigenvalue weighted by molar-refractivity contribution is 5.81. The first-order valence-corrected chi connectivity index (χ1v) is 8.04. The molecule has 2 rings (SSSR count). The van der Waals surface area contributed by atoms with Crippen LogP contribution in [0.2, 0.25) is 0 Å². The quantitative estimate of drug-likeness (QED) is 0.851. The zero-order valence-electron chi connectivity index (χ0n) is 14.8. The van der Waals surface area contributed by atoms with Crippen LogP contribution in [0.1, 0.15) is 45.3 Å². The first-order valence-electron chi connectivity index (χ1n) is 8.04. The van der Waals surface area contributed by atoms with Crippen molar-refractivity contribution in [2.45, 2.75) is 53.1 Å². The number of likely N-dealkylation sites (N-methyl/N-ethyl adjacent to an activating group) is 1. The van der Waals surface area contributed by atoms with Gasteiger partial charge in [0, 0.05) is 32.1 Å². The number of aryl methyl sites for hydroxylation is 1. The Morgan fingerprint density at radius 3 is 2.59 bits per heavy atom. The molecule has 22 heavy (non-hydrogen) atoms. The average Bonchev–Trinajstić information content (AvgIpc) is 2.77. The van der Waals surface area contributed by atoms with Gasteiger partial charge in [-0.15, -0.1) is 10.2 Å². The number of aromatic nitrogens is 3. The van der Waals surface area contributed by atoms with Crippen molar-refractivity contribution in [3.63, 3.8) is 0 Å². The normalized spacial score (nSPS) is 20.2. The van der Waals surface area contributed by atoms with Gasteiger partial charge in [0.05, 0.1) is 6.54 Å². The van der Waals surface area contributed by atoms with Gasteiger partial charge in [-0.25, -0.2) is 0 Å². The van der Waals surface area contributed by atoms with E-state index in [0.717, 1.165) is 44.1 Å². The summed E-state index contributed by atoms with van der Waals surface area (Å²) in [5.74, 6) is 2.14. The lowest BCUT2D eigenvalue weighted by atomic mass is 9.93. The molecule has 1 amide bonds. The second-order valence-electron chi connectivity index (χ2n) is 7.42. The molecule has 1 fully saturated rings. The third-order valence-corrected chi connectivity index (χ3v) is 4.54. The molecule has 0 aromatic carbocycles. The highest BCUT2D eigenvalue weighted by Gasteiger charge is 2.32. The Hall–Kier alpha value is -1.43. The predicted octanol–water partition coefficient (Wildman–Crippen LogP) is 1.59. The molecule has 0 radical (unpaired) electrons. The molecular formula is C16H29N5O. The monoisotopic (exact) mass is 307 g/mol. The van der Waals surface area contributed by atoms with Crippen LogP contribution < -0.4 is 0 Å². The van der Waals surface area contributed by atoms with Crippen molar-refractivity contribution < 1.29 is 4.79 Å². The van der Waals surface area contributed by atoms with E-state index < -0.39 is 0 Å². The number of amides is 1. The molecule has 0 N–H and O–H groups in total. The number of hydrogen-bond donors (Lipinski definition) is 0. The van der Waals surface area contributed by atoms with Crippen molar-refractivity contribution in [3.05, 3.63) is 11.6 Å². The summed E-state index contributed by atoms with van der Waals surface area (Å²) >= 11 is 0. The van der Waals surface area contributed by atoms with Crippen LogP contribution in [-0.2, 0) is 18.4 Å². The van der Waals surface area contributed by atoms with Crippen LogP contribution in [0.5, 0.6) is 0 Å². The minimum atomic E-state index is -0.322. The van der Waals surface area contributed by atoms with Crippen LogP contribution >= 0.6 is 0 Å². The minimum Gasteiger partial charge on any atom is -0.341 e. The number of rotatable bonds is 3. The number of carbonyl (C=O) groups is 1. The molecule has 6 heteroatoms. The molecule has 1 unspecified atom stereocenters. The van der Waals surface area contributed by atoms with Crippen LogP contribution in [0, 0.1) is 12.3 Å². The maximum Gasteiger partial charge on any atom is 0.227 e. The fourth-order valence-electron chi connectivity index (χ4n) is 2.97. The SMILES string of the molecule is Cc1nnc(CN2CCCC(N(C)C(=O)C(C)(C)C)C2)n1C. The summed E-state index contributed by atoms with van der Waals surface area (Å²) in [5.41, 5.74) is -0.322. The molecule has 0 aliphatic carbocycles. The molecule has 0 bridgehead atoms. The van der Waals surface area contributed by atoms with Crippen molar-refractivity contribution in [1.82, 2.24) is 24.6 Å². The van der Waals surface area contributed by atoms with Crippen molar-refractivity contribution in [1.29, 1.82) is 0 Å². The van der Waals surface area contributed by atoms with E-state index in [2.05, 4.69) is 15.1 Å². The van der Waals surface area contributed by atoms with E-state index in [1.54, 1.807) is 0 Å². The maximum atomic E-state index is 12.5. The summed E-state index contributed by atoms with van der Waals surface area (Å²) in [6.45, 7) is 10.7. The van der Waals surface area contributed by atoms with Gasteiger partial charge in [0.15, 0.2) is 0 Å². The Morgan fingerprint density at radius 2 is 2.05 bits per heavy atom. The summed E-state index contributed by atoms with van der Waals surface area (Å²) in [6, 6.07) is 0.287. The maximum absolute atomic E-state index is 12.5. The number of nitrogens with zero attached hydrogens (tertiary/aromatic N) is 5. The standard InChI is InChI=1S/C16H29N5O/c1-12-17-18-14(19(12)5)11-21-9-7-8-13(10-21)20(6)15(22)16(2,3)4/h13H,7-11H2,1-6H3. The predicted molar refractivity (Wildman–Crippen MR) is 86.3 cm³/mol. The van der Waals surface area contributed by atoms with E-state index in [1.807, 2.05) is 51.3 Å². The van der Waals surface area contributed by atoms with Crippen molar-refractivity contribution in [2.75, 3.05) is 20.1 Å². The van der Waals surface area contributed by atoms with Gasteiger partial charge in [0.1, 0.15) is 11.6 Å². The Kier molecular flexibility index (Phi) is 4.90. The molecule has 1 aliphatic rings. The zero-order chi connectivity index (χ0) is 16.5. The Balaban J connectivity index is 2.00. The summed E-state index contributed by atoms with van der Waals surface area (Å²) in [6.07, 6.45) is 2.19. The lowest BCUT2D eigenvalue weighted by Crippen LogP contribution is -2.51. The first kappa shape index (κ1) is 16.9. The van der Waals surface area contributed by atoms with E-state index in [4.69, 9.17) is 0 Å². The van der Waals surface area contributed by atoms with Gasteiger partial charge in [-0.2, -0.15) is 0 Å². The van der Waals surface area contributed by atoms with Gasteiger partial charge >= 0.3 is 0 Å². The third kappa shape index (κ3) is 3.66. The smallest absolute Gasteiger partial charge is 0.227 e. The molecule has 2 heterocycles. The number of carbonyl (C=O) groups excluding carboxylic acids is 1. The summed E-state index contributed by atoms with van der Waals surface area (Å²) in [4.78, 5) is 16.8. The summed E-state index contributed by atoms with van der Waals surface area (Å²) < 4.78 is 2.04. The van der Waals surface area contributed by atoms with Gasteiger partial charge in [0.25, 0.3) is 0 Å². The number of piperidine rings is 1. The van der Waals surface area contributed by atoms with Crippen molar-refractivity contribution in [2.24, 2.45) is 12.5 Å². The topological polar surface area (TPSA) is 54.3 Å². The molecule has 0 saturated carbocycles. The van der Waals surface area contributed by atoms with E-state index in [-0.39, 0.29) is 17.4 Å². The van der Waals surface area contributed by atoms with Gasteiger partial charge in [0.2, 0.25) is 5.91 Å². The van der Waals surface area contributed by atoms with Gasteiger partial charge in [-0.05, 0) is 26.3 Å². The number of likely N-dealkylation sites (tertiary alicyclic amines) is 1. The second kappa shape index (κ2) is 6.36. The van der Waals surface area contributed by atoms with Crippen LogP contribution in [0.15, 0.2) is 0 Å². The van der Waals surface area contributed by atoms with Crippen molar-refractivity contribution in [3.8, 4) is 0 Å². The van der Waals surface area contributed by atoms with E-state index >= 15 is 0 Å². The second-order valence-corrected chi connectivity index (χ2v) is 7.42. The Bertz CT molecular complexity index is 531. The summed E-state index contributed by atoms with van der Waals surface area (Å²) in [7, 11) is 3.94. The largest absolute Gasteiger partial charge is 0.341 e. The highest BCUT2D eigenvalue weighted by atomic mass is 16.2. The van der Waals surface area contributed by atoms with Gasteiger partial charge in [-0.3, -0.25) is 9.69 Å². The lowest BCUT2D eigenvalue weighted by Gasteiger charge is -2.39. The average molecular weight is 307 g/mol. The fraction of sp³-hybridized carbons (Fsp3) is 0.812. The van der Waals surface area contributed by atoms with E-state index in [1.165, 1.54) is 0 Å². The first-order chi connectivity index (χ1) is 10.2. The highest BCUT2D eigenvalue weighted by Crippen LogP contribution is 2.22. The minimum absolute atomic E-state index is 0.217. The molecular weight excluding hydrogens is 278 g/mol. The van der Waals surface area contributed by atoms with E-state index in [9.17, 15) is 4.79 Å². The Morgan fingerprint density at radius 1 is 1.36 bits per heavy atom. The number of hydrogen-bond acceptors (Lipinski definition) is 4. The molecule has 124 valence electrons. The van der Waals surface area contributed by atoms with Crippen LogP contribution in [0.25, 0.3) is 0 Å². The third-order valence-electron chi connectivity index (χ3n) is 4.54. The molecule has 1 aliphatic heterocycles. The van der Waals surface area contributed by atoms with Crippen LogP contribution in [0.4, 0.5) is 0 Å². The molecule has 1 aromatic rings. The van der Waals surface area contributed by atoms with Gasteiger partial charge < -0.3 is 9.47 Å². The van der Waals surface area contributed by atoms with Crippen molar-refractivity contribution >= 4 is 5.91 Å². The molecule has 1 atom stereocenters. The van der Waals surface area contributed by atoms with Gasteiger partial charge in [-0.1, -0.05) is 20.8 Å². The lowest BCUT2D eigenvalue weighted by molar-refractivity contribution is -0.141. The van der Waals surface area contributed by atoms with E-state index in [0.29, 0.717) is 0 Å². The van der Waals surface area contributed by atoms with Crippen LogP contribution in [0.3, 0.4) is 0 Å². The van der Waals surface area contributed by atoms with Crippen LogP contribution in [-0.4, -0.2) is 56.7 Å². The fourth-order valence-corrected chi connectivity index (χ4v) is 2.97. The molecule has 1 aromatic heterocycles.